The van der Waals surface area contributed by atoms with Crippen LogP contribution < -0.4 is 0 Å². The number of carbonyl (C=O) groups is 1. The van der Waals surface area contributed by atoms with Gasteiger partial charge in [-0.25, -0.2) is 4.79 Å². The van der Waals surface area contributed by atoms with Gasteiger partial charge in [0.2, 0.25) is 0 Å². The maximum atomic E-state index is 11.1. The molecule has 0 bridgehead atoms. The molecule has 1 unspecified atom stereocenters. The van der Waals surface area contributed by atoms with Gasteiger partial charge in [-0.05, 0) is 52.5 Å². The molecule has 0 radical (unpaired) electrons. The first kappa shape index (κ1) is 18.4. The average Bonchev–Trinajstić information content (AvgIpc) is 2.60. The second-order valence-electron chi connectivity index (χ2n) is 8.56. The van der Waals surface area contributed by atoms with E-state index in [9.17, 15) is 4.79 Å². The highest BCUT2D eigenvalue weighted by Gasteiger charge is 2.37. The van der Waals surface area contributed by atoms with Crippen molar-refractivity contribution < 1.29 is 9.90 Å². The molecular formula is C23H27NO2. The van der Waals surface area contributed by atoms with Crippen molar-refractivity contribution in [3.8, 4) is 0 Å². The molecule has 1 aromatic carbocycles. The van der Waals surface area contributed by atoms with Crippen LogP contribution in [0.2, 0.25) is 0 Å². The van der Waals surface area contributed by atoms with Gasteiger partial charge in [0, 0.05) is 12.1 Å². The van der Waals surface area contributed by atoms with E-state index in [1.807, 2.05) is 6.08 Å². The lowest BCUT2D eigenvalue weighted by atomic mass is 9.62. The molecule has 0 saturated carbocycles. The van der Waals surface area contributed by atoms with Gasteiger partial charge in [-0.1, -0.05) is 52.0 Å². The number of pyridine rings is 1. The lowest BCUT2D eigenvalue weighted by Crippen LogP contribution is -2.34. The first-order valence-electron chi connectivity index (χ1n) is 9.12. The molecule has 3 heteroatoms. The maximum Gasteiger partial charge on any atom is 0.337 e. The van der Waals surface area contributed by atoms with Crippen LogP contribution in [0.5, 0.6) is 0 Å². The molecule has 1 atom stereocenters. The molecule has 1 N–H and O–H groups in total. The van der Waals surface area contributed by atoms with Crippen LogP contribution in [-0.4, -0.2) is 16.1 Å². The van der Waals surface area contributed by atoms with Crippen LogP contribution in [0, 0.1) is 0 Å². The Hall–Kier alpha value is -2.42. The van der Waals surface area contributed by atoms with Crippen LogP contribution in [0.25, 0.3) is 0 Å². The Kier molecular flexibility index (Phi) is 4.51. The van der Waals surface area contributed by atoms with Gasteiger partial charge in [-0.15, -0.1) is 6.58 Å². The Balaban J connectivity index is 2.05. The molecular weight excluding hydrogens is 322 g/mol. The summed E-state index contributed by atoms with van der Waals surface area (Å²) in [6.45, 7) is 13.3. The average molecular weight is 349 g/mol. The predicted octanol–water partition coefficient (Wildman–Crippen LogP) is 5.45. The highest BCUT2D eigenvalue weighted by molar-refractivity contribution is 5.87. The minimum atomic E-state index is -0.961. The Morgan fingerprint density at radius 3 is 2.31 bits per heavy atom. The molecule has 1 aliphatic carbocycles. The Labute approximate surface area is 155 Å². The largest absolute Gasteiger partial charge is 0.478 e. The lowest BCUT2D eigenvalue weighted by molar-refractivity contribution is 0.0696. The summed E-state index contributed by atoms with van der Waals surface area (Å²) < 4.78 is 0. The third-order valence-electron chi connectivity index (χ3n) is 5.82. The minimum Gasteiger partial charge on any atom is -0.478 e. The van der Waals surface area contributed by atoms with Gasteiger partial charge in [0.05, 0.1) is 11.3 Å². The van der Waals surface area contributed by atoms with E-state index in [1.54, 1.807) is 12.1 Å². The summed E-state index contributed by atoms with van der Waals surface area (Å²) in [5.74, 6) is -1.01. The van der Waals surface area contributed by atoms with Gasteiger partial charge in [0.15, 0.2) is 0 Å². The van der Waals surface area contributed by atoms with Crippen molar-refractivity contribution in [2.24, 2.45) is 0 Å². The molecule has 26 heavy (non-hydrogen) atoms. The smallest absolute Gasteiger partial charge is 0.337 e. The van der Waals surface area contributed by atoms with Crippen LogP contribution >= 0.6 is 0 Å². The fraction of sp³-hybridized carbons (Fsp3) is 0.391. The zero-order chi connectivity index (χ0) is 19.1. The number of benzene rings is 1. The molecule has 136 valence electrons. The quantitative estimate of drug-likeness (QED) is 0.747. The summed E-state index contributed by atoms with van der Waals surface area (Å²) in [6, 6.07) is 10.1. The van der Waals surface area contributed by atoms with E-state index < -0.39 is 5.97 Å². The van der Waals surface area contributed by atoms with E-state index in [4.69, 9.17) is 5.11 Å². The molecule has 3 rings (SSSR count). The van der Waals surface area contributed by atoms with Gasteiger partial charge < -0.3 is 5.11 Å². The maximum absolute atomic E-state index is 11.1. The monoisotopic (exact) mass is 349 g/mol. The van der Waals surface area contributed by atoms with Gasteiger partial charge >= 0.3 is 5.97 Å². The molecule has 0 saturated heterocycles. The van der Waals surface area contributed by atoms with E-state index >= 15 is 0 Å². The summed E-state index contributed by atoms with van der Waals surface area (Å²) >= 11 is 0. The van der Waals surface area contributed by atoms with E-state index in [1.165, 1.54) is 30.2 Å². The summed E-state index contributed by atoms with van der Waals surface area (Å²) in [5, 5.41) is 9.07. The summed E-state index contributed by atoms with van der Waals surface area (Å²) in [4.78, 5) is 15.4. The second-order valence-corrected chi connectivity index (χ2v) is 8.56. The first-order valence-corrected chi connectivity index (χ1v) is 9.12. The van der Waals surface area contributed by atoms with Crippen LogP contribution in [0.4, 0.5) is 0 Å². The van der Waals surface area contributed by atoms with Crippen LogP contribution in [0.15, 0.2) is 49.2 Å². The number of aromatic nitrogens is 1. The van der Waals surface area contributed by atoms with Crippen molar-refractivity contribution in [1.82, 2.24) is 4.98 Å². The molecule has 0 spiro atoms. The number of hydrogen-bond donors (Lipinski definition) is 1. The topological polar surface area (TPSA) is 50.2 Å². The lowest BCUT2D eigenvalue weighted by Gasteiger charge is -2.42. The molecule has 0 aliphatic heterocycles. The van der Waals surface area contributed by atoms with Crippen LogP contribution in [0.1, 0.15) is 79.2 Å². The SMILES string of the molecule is C=CC(c1ccc2c(c1)C(C)(C)CCC2(C)C)c1ccc(C(=O)O)cn1. The molecule has 1 aliphatic rings. The van der Waals surface area contributed by atoms with Crippen LogP contribution in [-0.2, 0) is 10.8 Å². The van der Waals surface area contributed by atoms with Crippen molar-refractivity contribution in [3.63, 3.8) is 0 Å². The van der Waals surface area contributed by atoms with E-state index in [-0.39, 0.29) is 22.3 Å². The standard InChI is InChI=1S/C23H27NO2/c1-6-17(20-10-8-16(14-24-20)21(25)26)15-7-9-18-19(13-15)23(4,5)12-11-22(18,2)3/h6-10,13-14,17H,1,11-12H2,2-5H3,(H,25,26). The van der Waals surface area contributed by atoms with Crippen molar-refractivity contribution in [3.05, 3.63) is 77.1 Å². The van der Waals surface area contributed by atoms with Gasteiger partial charge in [-0.2, -0.15) is 0 Å². The fourth-order valence-electron chi connectivity index (χ4n) is 3.94. The number of fused-ring (bicyclic) bond motifs is 1. The number of carboxylic acids is 1. The number of carboxylic acid groups (broad SMARTS) is 1. The summed E-state index contributed by atoms with van der Waals surface area (Å²) in [5.41, 5.74) is 5.33. The fourth-order valence-corrected chi connectivity index (χ4v) is 3.94. The van der Waals surface area contributed by atoms with Gasteiger partial charge in [0.1, 0.15) is 0 Å². The first-order chi connectivity index (χ1) is 12.2. The van der Waals surface area contributed by atoms with Crippen LogP contribution in [0.3, 0.4) is 0 Å². The molecule has 0 amide bonds. The summed E-state index contributed by atoms with van der Waals surface area (Å²) in [7, 11) is 0. The predicted molar refractivity (Wildman–Crippen MR) is 105 cm³/mol. The van der Waals surface area contributed by atoms with Gasteiger partial charge in [0.25, 0.3) is 0 Å². The van der Waals surface area contributed by atoms with Crippen molar-refractivity contribution in [1.29, 1.82) is 0 Å². The normalized spacial score (nSPS) is 18.6. The Morgan fingerprint density at radius 1 is 1.12 bits per heavy atom. The van der Waals surface area contributed by atoms with E-state index in [0.29, 0.717) is 0 Å². The van der Waals surface area contributed by atoms with E-state index in [0.717, 1.165) is 11.3 Å². The highest BCUT2D eigenvalue weighted by Crippen LogP contribution is 2.46. The molecule has 2 aromatic rings. The second kappa shape index (κ2) is 6.39. The number of rotatable bonds is 4. The Bertz CT molecular complexity index is 847. The number of allylic oxidation sites excluding steroid dienone is 1. The number of hydrogen-bond acceptors (Lipinski definition) is 2. The number of aromatic carboxylic acids is 1. The minimum absolute atomic E-state index is 0.0519. The van der Waals surface area contributed by atoms with E-state index in [2.05, 4.69) is 57.5 Å². The van der Waals surface area contributed by atoms with Crippen molar-refractivity contribution in [2.75, 3.05) is 0 Å². The molecule has 1 heterocycles. The highest BCUT2D eigenvalue weighted by atomic mass is 16.4. The zero-order valence-corrected chi connectivity index (χ0v) is 16.0. The third-order valence-corrected chi connectivity index (χ3v) is 5.82. The van der Waals surface area contributed by atoms with Gasteiger partial charge in [-0.3, -0.25) is 4.98 Å². The molecule has 1 aromatic heterocycles. The third kappa shape index (κ3) is 3.18. The zero-order valence-electron chi connectivity index (χ0n) is 16.0. The molecule has 3 nitrogen and oxygen atoms in total. The van der Waals surface area contributed by atoms with Crippen molar-refractivity contribution in [2.45, 2.75) is 57.3 Å². The summed E-state index contributed by atoms with van der Waals surface area (Å²) in [6.07, 6.45) is 5.65. The van der Waals surface area contributed by atoms with Crippen molar-refractivity contribution >= 4 is 5.97 Å². The Morgan fingerprint density at radius 2 is 1.77 bits per heavy atom. The molecule has 0 fully saturated rings. The number of nitrogens with zero attached hydrogens (tertiary/aromatic N) is 1.